The van der Waals surface area contributed by atoms with E-state index in [0.29, 0.717) is 12.2 Å². The van der Waals surface area contributed by atoms with Crippen LogP contribution in [0.25, 0.3) is 5.57 Å². The first-order chi connectivity index (χ1) is 12.6. The van der Waals surface area contributed by atoms with Gasteiger partial charge in [0.05, 0.1) is 18.2 Å². The Hall–Kier alpha value is -2.79. The molecule has 4 rings (SSSR count). The zero-order valence-corrected chi connectivity index (χ0v) is 14.3. The Morgan fingerprint density at radius 1 is 0.962 bits per heavy atom. The lowest BCUT2D eigenvalue weighted by atomic mass is 9.98. The second kappa shape index (κ2) is 6.84. The number of nitrogens with zero attached hydrogens (tertiary/aromatic N) is 2. The highest BCUT2D eigenvalue weighted by atomic mass is 19.1. The van der Waals surface area contributed by atoms with Crippen molar-refractivity contribution in [2.45, 2.75) is 18.9 Å². The van der Waals surface area contributed by atoms with Crippen molar-refractivity contribution in [1.82, 2.24) is 4.90 Å². The van der Waals surface area contributed by atoms with Crippen molar-refractivity contribution < 1.29 is 14.0 Å². The van der Waals surface area contributed by atoms with Gasteiger partial charge in [-0.1, -0.05) is 36.4 Å². The van der Waals surface area contributed by atoms with Crippen LogP contribution in [0.2, 0.25) is 0 Å². The SMILES string of the molecule is O=C1C[C@@H](N2CC=C(c3ccccc3)CC2)C(=O)N1c1ccc(F)cc1. The van der Waals surface area contributed by atoms with Crippen LogP contribution in [0.1, 0.15) is 18.4 Å². The molecular weight excluding hydrogens is 331 g/mol. The van der Waals surface area contributed by atoms with Gasteiger partial charge in [-0.05, 0) is 41.8 Å². The summed E-state index contributed by atoms with van der Waals surface area (Å²) in [6, 6.07) is 15.2. The third kappa shape index (κ3) is 3.06. The number of hydrogen-bond donors (Lipinski definition) is 0. The fourth-order valence-electron chi connectivity index (χ4n) is 3.64. The second-order valence-electron chi connectivity index (χ2n) is 6.60. The van der Waals surface area contributed by atoms with Crippen LogP contribution in [0.5, 0.6) is 0 Å². The normalized spacial score (nSPS) is 21.2. The Morgan fingerprint density at radius 3 is 2.35 bits per heavy atom. The fraction of sp³-hybridized carbons (Fsp3) is 0.238. The summed E-state index contributed by atoms with van der Waals surface area (Å²) in [4.78, 5) is 28.4. The molecule has 2 aliphatic rings. The maximum absolute atomic E-state index is 13.1. The first-order valence-corrected chi connectivity index (χ1v) is 8.74. The lowest BCUT2D eigenvalue weighted by Gasteiger charge is -2.30. The summed E-state index contributed by atoms with van der Waals surface area (Å²) in [6.07, 6.45) is 3.15. The molecule has 0 radical (unpaired) electrons. The number of halogens is 1. The molecule has 0 N–H and O–H groups in total. The lowest BCUT2D eigenvalue weighted by Crippen LogP contribution is -2.44. The summed E-state index contributed by atoms with van der Waals surface area (Å²) in [6.45, 7) is 1.38. The average molecular weight is 350 g/mol. The third-order valence-electron chi connectivity index (χ3n) is 5.03. The summed E-state index contributed by atoms with van der Waals surface area (Å²) in [7, 11) is 0. The van der Waals surface area contributed by atoms with Crippen LogP contribution in [0.4, 0.5) is 10.1 Å². The molecule has 2 amide bonds. The molecule has 0 aromatic heterocycles. The van der Waals surface area contributed by atoms with Crippen molar-refractivity contribution in [1.29, 1.82) is 0 Å². The molecule has 2 heterocycles. The van der Waals surface area contributed by atoms with Gasteiger partial charge in [-0.15, -0.1) is 0 Å². The van der Waals surface area contributed by atoms with Crippen LogP contribution in [-0.2, 0) is 9.59 Å². The quantitative estimate of drug-likeness (QED) is 0.798. The smallest absolute Gasteiger partial charge is 0.251 e. The van der Waals surface area contributed by atoms with E-state index < -0.39 is 6.04 Å². The van der Waals surface area contributed by atoms with Crippen LogP contribution >= 0.6 is 0 Å². The molecule has 1 atom stereocenters. The highest BCUT2D eigenvalue weighted by Gasteiger charge is 2.42. The number of hydrogen-bond acceptors (Lipinski definition) is 3. The number of anilines is 1. The van der Waals surface area contributed by atoms with Crippen LogP contribution in [0.15, 0.2) is 60.7 Å². The van der Waals surface area contributed by atoms with Crippen molar-refractivity contribution in [2.24, 2.45) is 0 Å². The van der Waals surface area contributed by atoms with E-state index in [1.807, 2.05) is 18.2 Å². The largest absolute Gasteiger partial charge is 0.287 e. The summed E-state index contributed by atoms with van der Waals surface area (Å²) < 4.78 is 13.1. The van der Waals surface area contributed by atoms with Gasteiger partial charge in [-0.3, -0.25) is 14.5 Å². The number of carbonyl (C=O) groups excluding carboxylic acids is 2. The number of rotatable bonds is 3. The van der Waals surface area contributed by atoms with Crippen molar-refractivity contribution in [2.75, 3.05) is 18.0 Å². The molecule has 0 spiro atoms. The minimum atomic E-state index is -0.443. The predicted molar refractivity (Wildman–Crippen MR) is 97.9 cm³/mol. The molecule has 1 saturated heterocycles. The first-order valence-electron chi connectivity index (χ1n) is 8.74. The van der Waals surface area contributed by atoms with E-state index in [1.54, 1.807) is 0 Å². The van der Waals surface area contributed by atoms with E-state index in [9.17, 15) is 14.0 Å². The van der Waals surface area contributed by atoms with Gasteiger partial charge < -0.3 is 0 Å². The Kier molecular flexibility index (Phi) is 4.39. The predicted octanol–water partition coefficient (Wildman–Crippen LogP) is 3.25. The number of amides is 2. The number of imide groups is 1. The van der Waals surface area contributed by atoms with Gasteiger partial charge in [0.1, 0.15) is 5.82 Å². The van der Waals surface area contributed by atoms with E-state index in [4.69, 9.17) is 0 Å². The molecule has 0 aliphatic carbocycles. The Morgan fingerprint density at radius 2 is 1.69 bits per heavy atom. The molecule has 4 nitrogen and oxygen atoms in total. The van der Waals surface area contributed by atoms with Crippen molar-refractivity contribution in [3.05, 3.63) is 72.1 Å². The topological polar surface area (TPSA) is 40.6 Å². The van der Waals surface area contributed by atoms with E-state index >= 15 is 0 Å². The second-order valence-corrected chi connectivity index (χ2v) is 6.60. The Labute approximate surface area is 151 Å². The number of benzene rings is 2. The summed E-state index contributed by atoms with van der Waals surface area (Å²) in [5.41, 5.74) is 2.91. The fourth-order valence-corrected chi connectivity index (χ4v) is 3.64. The van der Waals surface area contributed by atoms with Crippen LogP contribution in [0.3, 0.4) is 0 Å². The molecule has 0 saturated carbocycles. The zero-order chi connectivity index (χ0) is 18.1. The highest BCUT2D eigenvalue weighted by molar-refractivity contribution is 6.22. The average Bonchev–Trinajstić information content (AvgIpc) is 2.98. The van der Waals surface area contributed by atoms with Gasteiger partial charge in [-0.25, -0.2) is 9.29 Å². The van der Waals surface area contributed by atoms with E-state index in [-0.39, 0.29) is 24.1 Å². The van der Waals surface area contributed by atoms with Crippen molar-refractivity contribution >= 4 is 23.1 Å². The van der Waals surface area contributed by atoms with Crippen molar-refractivity contribution in [3.63, 3.8) is 0 Å². The minimum Gasteiger partial charge on any atom is -0.287 e. The molecule has 5 heteroatoms. The monoisotopic (exact) mass is 350 g/mol. The molecule has 132 valence electrons. The molecule has 2 aromatic rings. The standard InChI is InChI=1S/C21H19FN2O2/c22-17-6-8-18(9-7-17)24-20(25)14-19(21(24)26)23-12-10-16(11-13-23)15-4-2-1-3-5-15/h1-10,19H,11-14H2/t19-/m1/s1. The van der Waals surface area contributed by atoms with Gasteiger partial charge in [0.15, 0.2) is 0 Å². The molecule has 0 bridgehead atoms. The summed E-state index contributed by atoms with van der Waals surface area (Å²) in [5.74, 6) is -0.846. The van der Waals surface area contributed by atoms with E-state index in [0.717, 1.165) is 13.0 Å². The Balaban J connectivity index is 1.49. The van der Waals surface area contributed by atoms with Gasteiger partial charge >= 0.3 is 0 Å². The van der Waals surface area contributed by atoms with Gasteiger partial charge in [0.25, 0.3) is 5.91 Å². The maximum Gasteiger partial charge on any atom is 0.251 e. The Bertz CT molecular complexity index is 861. The molecule has 2 aromatic carbocycles. The van der Waals surface area contributed by atoms with Gasteiger partial charge in [0.2, 0.25) is 5.91 Å². The van der Waals surface area contributed by atoms with Gasteiger partial charge in [-0.2, -0.15) is 0 Å². The molecule has 1 fully saturated rings. The minimum absolute atomic E-state index is 0.171. The van der Waals surface area contributed by atoms with Crippen LogP contribution < -0.4 is 4.90 Å². The highest BCUT2D eigenvalue weighted by Crippen LogP contribution is 2.29. The van der Waals surface area contributed by atoms with E-state index in [1.165, 1.54) is 40.3 Å². The first kappa shape index (κ1) is 16.7. The maximum atomic E-state index is 13.1. The molecule has 26 heavy (non-hydrogen) atoms. The van der Waals surface area contributed by atoms with Crippen LogP contribution in [0, 0.1) is 5.82 Å². The van der Waals surface area contributed by atoms with E-state index in [2.05, 4.69) is 23.1 Å². The zero-order valence-electron chi connectivity index (χ0n) is 14.3. The summed E-state index contributed by atoms with van der Waals surface area (Å²) >= 11 is 0. The van der Waals surface area contributed by atoms with Gasteiger partial charge in [0, 0.05) is 13.1 Å². The molecule has 0 unspecified atom stereocenters. The third-order valence-corrected chi connectivity index (χ3v) is 5.03. The van der Waals surface area contributed by atoms with Crippen LogP contribution in [-0.4, -0.2) is 35.8 Å². The molecule has 2 aliphatic heterocycles. The lowest BCUT2D eigenvalue weighted by molar-refractivity contribution is -0.122. The van der Waals surface area contributed by atoms with Crippen molar-refractivity contribution in [3.8, 4) is 0 Å². The summed E-state index contributed by atoms with van der Waals surface area (Å²) in [5, 5.41) is 0. The number of carbonyl (C=O) groups is 2. The molecular formula is C21H19FN2O2.